The van der Waals surface area contributed by atoms with Gasteiger partial charge in [-0.25, -0.2) is 9.67 Å². The van der Waals surface area contributed by atoms with Gasteiger partial charge < -0.3 is 14.9 Å². The minimum atomic E-state index is -0.250. The number of fused-ring (bicyclic) bond motifs is 1. The van der Waals surface area contributed by atoms with E-state index in [1.807, 2.05) is 22.9 Å². The molecule has 1 fully saturated rings. The maximum atomic E-state index is 13.0. The highest BCUT2D eigenvalue weighted by Crippen LogP contribution is 2.19. The van der Waals surface area contributed by atoms with Crippen molar-refractivity contribution in [2.75, 3.05) is 26.2 Å². The van der Waals surface area contributed by atoms with Crippen LogP contribution in [0.25, 0.3) is 4.96 Å². The Bertz CT molecular complexity index is 983. The van der Waals surface area contributed by atoms with Crippen molar-refractivity contribution in [1.29, 1.82) is 0 Å². The number of carboxylic acid groups (broad SMARTS) is 1. The summed E-state index contributed by atoms with van der Waals surface area (Å²) in [6.07, 6.45) is 4.02. The number of aryl methyl sites for hydroxylation is 1. The number of carbonyl (C=O) groups is 3. The average molecular weight is 420 g/mol. The maximum Gasteiger partial charge on any atom is 0.290 e. The molecule has 13 heteroatoms. The second kappa shape index (κ2) is 9.23. The third-order valence-corrected chi connectivity index (χ3v) is 5.22. The average Bonchev–Trinajstić information content (AvgIpc) is 3.36. The third kappa shape index (κ3) is 4.56. The van der Waals surface area contributed by atoms with Gasteiger partial charge in [0.2, 0.25) is 5.91 Å². The van der Waals surface area contributed by atoms with Gasteiger partial charge in [-0.05, 0) is 23.8 Å². The van der Waals surface area contributed by atoms with E-state index in [0.29, 0.717) is 31.9 Å². The van der Waals surface area contributed by atoms with E-state index < -0.39 is 0 Å². The fourth-order valence-electron chi connectivity index (χ4n) is 3.16. The summed E-state index contributed by atoms with van der Waals surface area (Å²) >= 11 is 1.51. The normalized spacial score (nSPS) is 14.2. The highest BCUT2D eigenvalue weighted by molar-refractivity contribution is 7.15. The summed E-state index contributed by atoms with van der Waals surface area (Å²) in [7, 11) is 0. The van der Waals surface area contributed by atoms with Crippen molar-refractivity contribution >= 4 is 34.6 Å². The van der Waals surface area contributed by atoms with Crippen LogP contribution in [0.2, 0.25) is 0 Å². The number of imidazole rings is 1. The zero-order chi connectivity index (χ0) is 20.8. The van der Waals surface area contributed by atoms with E-state index in [0.717, 1.165) is 17.1 Å². The zero-order valence-electron chi connectivity index (χ0n) is 15.7. The summed E-state index contributed by atoms with van der Waals surface area (Å²) in [6.45, 7) is 3.94. The van der Waals surface area contributed by atoms with Gasteiger partial charge in [0.25, 0.3) is 12.4 Å². The van der Waals surface area contributed by atoms with Crippen LogP contribution in [0, 0.1) is 6.92 Å². The van der Waals surface area contributed by atoms with Crippen LogP contribution in [-0.4, -0.2) is 89.0 Å². The Balaban J connectivity index is 0.000000755. The minimum absolute atomic E-state index is 0.0387. The van der Waals surface area contributed by atoms with Crippen molar-refractivity contribution in [3.05, 3.63) is 29.3 Å². The molecular formula is C16H20N8O4S. The lowest BCUT2D eigenvalue weighted by Crippen LogP contribution is -2.39. The number of amides is 2. The molecule has 0 radical (unpaired) electrons. The van der Waals surface area contributed by atoms with Gasteiger partial charge in [0.15, 0.2) is 4.96 Å². The van der Waals surface area contributed by atoms with Gasteiger partial charge in [-0.3, -0.25) is 18.8 Å². The predicted octanol–water partition coefficient (Wildman–Crippen LogP) is -0.234. The lowest BCUT2D eigenvalue weighted by Gasteiger charge is -2.22. The molecule has 0 unspecified atom stereocenters. The summed E-state index contributed by atoms with van der Waals surface area (Å²) in [5, 5.41) is 19.6. The SMILES string of the molecule is Cc1nc2sccn2c1C(=O)N1CCCN(C(=O)Cn2cnnn2)CC1.O=CO. The van der Waals surface area contributed by atoms with Crippen LogP contribution in [0.5, 0.6) is 0 Å². The maximum absolute atomic E-state index is 13.0. The van der Waals surface area contributed by atoms with Crippen LogP contribution < -0.4 is 0 Å². The quantitative estimate of drug-likeness (QED) is 0.573. The van der Waals surface area contributed by atoms with Crippen LogP contribution in [0.4, 0.5) is 0 Å². The Hall–Kier alpha value is -3.35. The molecule has 29 heavy (non-hydrogen) atoms. The molecule has 0 aromatic carbocycles. The van der Waals surface area contributed by atoms with E-state index in [4.69, 9.17) is 9.90 Å². The number of rotatable bonds is 3. The van der Waals surface area contributed by atoms with Crippen LogP contribution in [0.3, 0.4) is 0 Å². The van der Waals surface area contributed by atoms with Gasteiger partial charge in [0, 0.05) is 37.8 Å². The Labute approximate surface area is 169 Å². The number of thiazole rings is 1. The largest absolute Gasteiger partial charge is 0.483 e. The number of hydrogen-bond donors (Lipinski definition) is 1. The van der Waals surface area contributed by atoms with Gasteiger partial charge >= 0.3 is 0 Å². The number of carbonyl (C=O) groups excluding carboxylic acids is 2. The molecule has 1 N–H and O–H groups in total. The Morgan fingerprint density at radius 1 is 1.24 bits per heavy atom. The van der Waals surface area contributed by atoms with Gasteiger partial charge in [0.1, 0.15) is 18.6 Å². The lowest BCUT2D eigenvalue weighted by atomic mass is 10.3. The van der Waals surface area contributed by atoms with E-state index in [1.54, 1.807) is 9.80 Å². The molecule has 1 aliphatic rings. The van der Waals surface area contributed by atoms with Crippen molar-refractivity contribution in [1.82, 2.24) is 39.4 Å². The molecule has 0 bridgehead atoms. The molecule has 1 saturated heterocycles. The summed E-state index contributed by atoms with van der Waals surface area (Å²) in [4.78, 5) is 42.6. The van der Waals surface area contributed by atoms with E-state index in [1.165, 1.54) is 22.3 Å². The summed E-state index contributed by atoms with van der Waals surface area (Å²) in [5.41, 5.74) is 1.34. The molecule has 0 atom stereocenters. The van der Waals surface area contributed by atoms with Crippen molar-refractivity contribution < 1.29 is 19.5 Å². The van der Waals surface area contributed by atoms with E-state index >= 15 is 0 Å². The number of aromatic nitrogens is 6. The van der Waals surface area contributed by atoms with E-state index in [2.05, 4.69) is 20.5 Å². The fraction of sp³-hybridized carbons (Fsp3) is 0.438. The number of tetrazole rings is 1. The summed E-state index contributed by atoms with van der Waals surface area (Å²) in [6, 6.07) is 0. The smallest absolute Gasteiger partial charge is 0.290 e. The second-order valence-corrected chi connectivity index (χ2v) is 7.11. The first kappa shape index (κ1) is 20.4. The molecule has 0 aliphatic carbocycles. The highest BCUT2D eigenvalue weighted by Gasteiger charge is 2.26. The number of hydrogen-bond acceptors (Lipinski definition) is 8. The van der Waals surface area contributed by atoms with Crippen LogP contribution in [0.15, 0.2) is 17.9 Å². The van der Waals surface area contributed by atoms with Gasteiger partial charge in [0.05, 0.1) is 5.69 Å². The highest BCUT2D eigenvalue weighted by atomic mass is 32.1. The number of nitrogens with zero attached hydrogens (tertiary/aromatic N) is 8. The van der Waals surface area contributed by atoms with Gasteiger partial charge in [-0.15, -0.1) is 16.4 Å². The van der Waals surface area contributed by atoms with Gasteiger partial charge in [-0.2, -0.15) is 0 Å². The summed E-state index contributed by atoms with van der Waals surface area (Å²) in [5.74, 6) is -0.0875. The van der Waals surface area contributed by atoms with Crippen molar-refractivity contribution in [3.8, 4) is 0 Å². The molecular weight excluding hydrogens is 400 g/mol. The standard InChI is InChI=1S/C15H18N8O2S.CH2O2/c1-11-13(23-7-8-26-15(23)17-11)14(25)21-4-2-3-20(5-6-21)12(24)9-22-10-16-18-19-22;2-1-3/h7-8,10H,2-6,9H2,1H3;1H,(H,2,3). The monoisotopic (exact) mass is 420 g/mol. The molecule has 154 valence electrons. The van der Waals surface area contributed by atoms with Crippen molar-refractivity contribution in [2.24, 2.45) is 0 Å². The van der Waals surface area contributed by atoms with Crippen LogP contribution in [0.1, 0.15) is 22.6 Å². The molecule has 3 aromatic rings. The van der Waals surface area contributed by atoms with E-state index in [9.17, 15) is 9.59 Å². The third-order valence-electron chi connectivity index (χ3n) is 4.46. The zero-order valence-corrected chi connectivity index (χ0v) is 16.5. The molecule has 3 aromatic heterocycles. The first-order valence-corrected chi connectivity index (χ1v) is 9.71. The van der Waals surface area contributed by atoms with Gasteiger partial charge in [-0.1, -0.05) is 0 Å². The van der Waals surface area contributed by atoms with Crippen LogP contribution in [-0.2, 0) is 16.1 Å². The minimum Gasteiger partial charge on any atom is -0.483 e. The topological polar surface area (TPSA) is 139 Å². The molecule has 12 nitrogen and oxygen atoms in total. The molecule has 1 aliphatic heterocycles. The Morgan fingerprint density at radius 2 is 1.97 bits per heavy atom. The molecule has 2 amide bonds. The molecule has 0 spiro atoms. The van der Waals surface area contributed by atoms with Crippen molar-refractivity contribution in [3.63, 3.8) is 0 Å². The Morgan fingerprint density at radius 3 is 2.69 bits per heavy atom. The molecule has 0 saturated carbocycles. The summed E-state index contributed by atoms with van der Waals surface area (Å²) < 4.78 is 3.24. The lowest BCUT2D eigenvalue weighted by molar-refractivity contribution is -0.132. The first-order valence-electron chi connectivity index (χ1n) is 8.83. The molecule has 4 heterocycles. The van der Waals surface area contributed by atoms with Crippen molar-refractivity contribution in [2.45, 2.75) is 19.9 Å². The second-order valence-electron chi connectivity index (χ2n) is 6.24. The predicted molar refractivity (Wildman–Crippen MR) is 101 cm³/mol. The molecule has 4 rings (SSSR count). The van der Waals surface area contributed by atoms with E-state index in [-0.39, 0.29) is 24.8 Å². The first-order chi connectivity index (χ1) is 14.0. The Kier molecular flexibility index (Phi) is 6.49. The fourth-order valence-corrected chi connectivity index (χ4v) is 3.92. The van der Waals surface area contributed by atoms with Crippen LogP contribution >= 0.6 is 11.3 Å².